The monoisotopic (exact) mass is 280 g/mol. The molecule has 4 nitrogen and oxygen atoms in total. The van der Waals surface area contributed by atoms with Crippen molar-refractivity contribution in [3.63, 3.8) is 0 Å². The van der Waals surface area contributed by atoms with Crippen LogP contribution in [0.1, 0.15) is 51.7 Å². The van der Waals surface area contributed by atoms with Crippen molar-refractivity contribution in [2.75, 3.05) is 6.61 Å². The van der Waals surface area contributed by atoms with Gasteiger partial charge in [-0.1, -0.05) is 38.5 Å². The molecule has 112 valence electrons. The van der Waals surface area contributed by atoms with Crippen molar-refractivity contribution in [3.05, 3.63) is 29.8 Å². The minimum Gasteiger partial charge on any atom is -0.478 e. The van der Waals surface area contributed by atoms with Gasteiger partial charge in [-0.3, -0.25) is 0 Å². The molecule has 4 heteroatoms. The summed E-state index contributed by atoms with van der Waals surface area (Å²) in [7, 11) is 0. The molecular weight excluding hydrogens is 256 g/mol. The van der Waals surface area contributed by atoms with Gasteiger partial charge >= 0.3 is 5.97 Å². The van der Waals surface area contributed by atoms with Gasteiger partial charge in [-0.25, -0.2) is 4.79 Å². The van der Waals surface area contributed by atoms with Gasteiger partial charge in [-0.15, -0.1) is 0 Å². The summed E-state index contributed by atoms with van der Waals surface area (Å²) >= 11 is 0. The fraction of sp³-hybridized carbons (Fsp3) is 0.562. The molecule has 1 unspecified atom stereocenters. The number of hydrogen-bond donors (Lipinski definition) is 1. The van der Waals surface area contributed by atoms with E-state index >= 15 is 0 Å². The van der Waals surface area contributed by atoms with E-state index in [1.165, 1.54) is 0 Å². The Balaban J connectivity index is 2.90. The number of para-hydroxylation sites is 1. The quantitative estimate of drug-likeness (QED) is 0.743. The fourth-order valence-electron chi connectivity index (χ4n) is 1.96. The highest BCUT2D eigenvalue weighted by atomic mass is 16.6. The molecule has 0 spiro atoms. The first-order valence-electron chi connectivity index (χ1n) is 7.24. The SMILES string of the molecule is CCCC(Oc1ccccc1[C@H](O)CC)C(=O)OCC. The van der Waals surface area contributed by atoms with Gasteiger partial charge in [0.1, 0.15) is 5.75 Å². The molecule has 2 atom stereocenters. The van der Waals surface area contributed by atoms with E-state index in [1.807, 2.05) is 32.0 Å². The van der Waals surface area contributed by atoms with Gasteiger partial charge < -0.3 is 14.6 Å². The number of benzene rings is 1. The Morgan fingerprint density at radius 3 is 2.55 bits per heavy atom. The molecule has 0 aliphatic rings. The zero-order chi connectivity index (χ0) is 15.0. The third kappa shape index (κ3) is 4.53. The van der Waals surface area contributed by atoms with Crippen LogP contribution in [0.4, 0.5) is 0 Å². The predicted molar refractivity (Wildman–Crippen MR) is 77.6 cm³/mol. The maximum absolute atomic E-state index is 11.9. The molecule has 0 bridgehead atoms. The van der Waals surface area contributed by atoms with E-state index in [1.54, 1.807) is 13.0 Å². The Morgan fingerprint density at radius 1 is 1.25 bits per heavy atom. The highest BCUT2D eigenvalue weighted by Gasteiger charge is 2.23. The van der Waals surface area contributed by atoms with Gasteiger partial charge in [0.15, 0.2) is 6.10 Å². The van der Waals surface area contributed by atoms with E-state index in [-0.39, 0.29) is 5.97 Å². The van der Waals surface area contributed by atoms with Crippen LogP contribution in [0.5, 0.6) is 5.75 Å². The lowest BCUT2D eigenvalue weighted by atomic mass is 10.1. The minimum absolute atomic E-state index is 0.335. The largest absolute Gasteiger partial charge is 0.478 e. The van der Waals surface area contributed by atoms with Gasteiger partial charge in [0.2, 0.25) is 0 Å². The lowest BCUT2D eigenvalue weighted by molar-refractivity contribution is -0.151. The minimum atomic E-state index is -0.620. The number of aliphatic hydroxyl groups is 1. The van der Waals surface area contributed by atoms with Crippen LogP contribution in [0.2, 0.25) is 0 Å². The number of hydrogen-bond acceptors (Lipinski definition) is 4. The Kier molecular flexibility index (Phi) is 7.09. The molecule has 20 heavy (non-hydrogen) atoms. The number of rotatable bonds is 8. The summed E-state index contributed by atoms with van der Waals surface area (Å²) in [6.45, 7) is 6.00. The average Bonchev–Trinajstić information content (AvgIpc) is 2.46. The molecule has 0 radical (unpaired) electrons. The van der Waals surface area contributed by atoms with Gasteiger partial charge in [-0.05, 0) is 25.8 Å². The maximum Gasteiger partial charge on any atom is 0.347 e. The summed E-state index contributed by atoms with van der Waals surface area (Å²) in [6, 6.07) is 7.27. The molecule has 0 aliphatic carbocycles. The Labute approximate surface area is 120 Å². The number of ether oxygens (including phenoxy) is 2. The summed E-state index contributed by atoms with van der Waals surface area (Å²) in [5.74, 6) is 0.198. The second-order valence-electron chi connectivity index (χ2n) is 4.61. The normalized spacial score (nSPS) is 13.6. The first-order chi connectivity index (χ1) is 9.63. The predicted octanol–water partition coefficient (Wildman–Crippen LogP) is 3.24. The second kappa shape index (κ2) is 8.59. The van der Waals surface area contributed by atoms with Crippen molar-refractivity contribution in [1.82, 2.24) is 0 Å². The Bertz CT molecular complexity index is 417. The van der Waals surface area contributed by atoms with Crippen molar-refractivity contribution < 1.29 is 19.4 Å². The molecule has 1 rings (SSSR count). The molecule has 1 aromatic carbocycles. The fourth-order valence-corrected chi connectivity index (χ4v) is 1.96. The molecule has 0 saturated carbocycles. The molecule has 0 aromatic heterocycles. The van der Waals surface area contributed by atoms with Gasteiger partial charge in [0.25, 0.3) is 0 Å². The molecule has 0 heterocycles. The van der Waals surface area contributed by atoms with E-state index in [2.05, 4.69) is 0 Å². The summed E-state index contributed by atoms with van der Waals surface area (Å²) in [4.78, 5) is 11.9. The van der Waals surface area contributed by atoms with Crippen molar-refractivity contribution in [1.29, 1.82) is 0 Å². The van der Waals surface area contributed by atoms with Crippen LogP contribution >= 0.6 is 0 Å². The molecule has 1 N–H and O–H groups in total. The molecule has 1 aromatic rings. The summed E-state index contributed by atoms with van der Waals surface area (Å²) in [5.41, 5.74) is 0.709. The van der Waals surface area contributed by atoms with Gasteiger partial charge in [0, 0.05) is 5.56 Å². The summed E-state index contributed by atoms with van der Waals surface area (Å²) in [6.07, 6.45) is 0.802. The van der Waals surface area contributed by atoms with E-state index in [9.17, 15) is 9.90 Å². The molecule has 0 aliphatic heterocycles. The van der Waals surface area contributed by atoms with Crippen LogP contribution in [0.3, 0.4) is 0 Å². The Morgan fingerprint density at radius 2 is 1.95 bits per heavy atom. The topological polar surface area (TPSA) is 55.8 Å². The van der Waals surface area contributed by atoms with Crippen molar-refractivity contribution in [2.45, 2.75) is 52.2 Å². The third-order valence-electron chi connectivity index (χ3n) is 3.03. The van der Waals surface area contributed by atoms with Crippen LogP contribution in [-0.4, -0.2) is 23.8 Å². The van der Waals surface area contributed by atoms with Crippen LogP contribution in [0.15, 0.2) is 24.3 Å². The number of carbonyl (C=O) groups excluding carboxylic acids is 1. The maximum atomic E-state index is 11.9. The van der Waals surface area contributed by atoms with Crippen molar-refractivity contribution >= 4 is 5.97 Å². The van der Waals surface area contributed by atoms with Gasteiger partial charge in [-0.2, -0.15) is 0 Å². The smallest absolute Gasteiger partial charge is 0.347 e. The lowest BCUT2D eigenvalue weighted by Crippen LogP contribution is -2.29. The highest BCUT2D eigenvalue weighted by Crippen LogP contribution is 2.28. The third-order valence-corrected chi connectivity index (χ3v) is 3.03. The number of aliphatic hydroxyl groups excluding tert-OH is 1. The molecular formula is C16H24O4. The zero-order valence-electron chi connectivity index (χ0n) is 12.5. The van der Waals surface area contributed by atoms with Crippen LogP contribution in [-0.2, 0) is 9.53 Å². The molecule has 0 amide bonds. The van der Waals surface area contributed by atoms with Crippen LogP contribution in [0, 0.1) is 0 Å². The summed E-state index contributed by atoms with van der Waals surface area (Å²) in [5, 5.41) is 10.00. The Hall–Kier alpha value is -1.55. The zero-order valence-corrected chi connectivity index (χ0v) is 12.5. The van der Waals surface area contributed by atoms with E-state index in [4.69, 9.17) is 9.47 Å². The summed E-state index contributed by atoms with van der Waals surface area (Å²) < 4.78 is 10.8. The highest BCUT2D eigenvalue weighted by molar-refractivity contribution is 5.75. The van der Waals surface area contributed by atoms with Crippen molar-refractivity contribution in [2.24, 2.45) is 0 Å². The first-order valence-corrected chi connectivity index (χ1v) is 7.24. The van der Waals surface area contributed by atoms with E-state index < -0.39 is 12.2 Å². The van der Waals surface area contributed by atoms with Crippen LogP contribution in [0.25, 0.3) is 0 Å². The van der Waals surface area contributed by atoms with Crippen molar-refractivity contribution in [3.8, 4) is 5.75 Å². The second-order valence-corrected chi connectivity index (χ2v) is 4.61. The first kappa shape index (κ1) is 16.5. The number of carbonyl (C=O) groups is 1. The number of esters is 1. The lowest BCUT2D eigenvalue weighted by Gasteiger charge is -2.20. The van der Waals surface area contributed by atoms with Gasteiger partial charge in [0.05, 0.1) is 12.7 Å². The van der Waals surface area contributed by atoms with Crippen LogP contribution < -0.4 is 4.74 Å². The molecule has 0 fully saturated rings. The molecule has 0 saturated heterocycles. The standard InChI is InChI=1S/C16H24O4/c1-4-9-15(16(18)19-6-3)20-14-11-8-7-10-12(14)13(17)5-2/h7-8,10-11,13,15,17H,4-6,9H2,1-3H3/t13-,15?/m1/s1. The van der Waals surface area contributed by atoms with E-state index in [0.717, 1.165) is 6.42 Å². The average molecular weight is 280 g/mol. The van der Waals surface area contributed by atoms with E-state index in [0.29, 0.717) is 30.8 Å².